The van der Waals surface area contributed by atoms with E-state index in [0.717, 1.165) is 12.2 Å². The van der Waals surface area contributed by atoms with E-state index in [-0.39, 0.29) is 6.04 Å². The molecule has 0 aliphatic carbocycles. The number of unbranched alkanes of at least 4 members (excludes halogenated alkanes) is 3. The van der Waals surface area contributed by atoms with Gasteiger partial charge in [0.05, 0.1) is 6.04 Å². The first-order valence-corrected chi connectivity index (χ1v) is 5.19. The van der Waals surface area contributed by atoms with Crippen LogP contribution in [0.15, 0.2) is 6.33 Å². The lowest BCUT2D eigenvalue weighted by Gasteiger charge is -2.11. The van der Waals surface area contributed by atoms with E-state index >= 15 is 0 Å². The topological polar surface area (TPSA) is 79.6 Å². The fourth-order valence-corrected chi connectivity index (χ4v) is 1.46. The first-order chi connectivity index (χ1) is 6.88. The maximum absolute atomic E-state index is 5.44. The fraction of sp³-hybridized carbons (Fsp3) is 0.778. The van der Waals surface area contributed by atoms with E-state index in [9.17, 15) is 0 Å². The second kappa shape index (κ2) is 6.50. The Morgan fingerprint density at radius 2 is 2.36 bits per heavy atom. The Morgan fingerprint density at radius 1 is 1.50 bits per heavy atom. The SMILES string of the molecule is CCCCCCC(NN)c1ncn[nH]1. The van der Waals surface area contributed by atoms with Crippen LogP contribution in [0, 0.1) is 0 Å². The number of nitrogens with two attached hydrogens (primary N) is 1. The first kappa shape index (κ1) is 11.1. The molecule has 0 aliphatic rings. The summed E-state index contributed by atoms with van der Waals surface area (Å²) >= 11 is 0. The van der Waals surface area contributed by atoms with Crippen LogP contribution in [0.25, 0.3) is 0 Å². The van der Waals surface area contributed by atoms with E-state index in [1.165, 1.54) is 32.0 Å². The van der Waals surface area contributed by atoms with E-state index < -0.39 is 0 Å². The van der Waals surface area contributed by atoms with Gasteiger partial charge in [-0.3, -0.25) is 10.9 Å². The van der Waals surface area contributed by atoms with Gasteiger partial charge in [-0.25, -0.2) is 10.4 Å². The maximum Gasteiger partial charge on any atom is 0.142 e. The number of rotatable bonds is 7. The standard InChI is InChI=1S/C9H19N5/c1-2-3-4-5-6-8(13-10)9-11-7-12-14-9/h7-8,13H,2-6,10H2,1H3,(H,11,12,14). The molecule has 1 aromatic heterocycles. The molecule has 1 atom stereocenters. The number of hydrogen-bond donors (Lipinski definition) is 3. The Labute approximate surface area is 84.5 Å². The third-order valence-electron chi connectivity index (χ3n) is 2.31. The highest BCUT2D eigenvalue weighted by Crippen LogP contribution is 2.14. The van der Waals surface area contributed by atoms with E-state index in [0.29, 0.717) is 0 Å². The number of aromatic nitrogens is 3. The molecule has 14 heavy (non-hydrogen) atoms. The van der Waals surface area contributed by atoms with Gasteiger partial charge >= 0.3 is 0 Å². The van der Waals surface area contributed by atoms with Crippen molar-refractivity contribution in [3.8, 4) is 0 Å². The first-order valence-electron chi connectivity index (χ1n) is 5.19. The van der Waals surface area contributed by atoms with Crippen LogP contribution in [0.5, 0.6) is 0 Å². The van der Waals surface area contributed by atoms with Crippen LogP contribution in [0.2, 0.25) is 0 Å². The molecule has 0 saturated carbocycles. The molecule has 0 aliphatic heterocycles. The lowest BCUT2D eigenvalue weighted by Crippen LogP contribution is -2.28. The Morgan fingerprint density at radius 3 is 2.93 bits per heavy atom. The van der Waals surface area contributed by atoms with Crippen LogP contribution in [0.3, 0.4) is 0 Å². The van der Waals surface area contributed by atoms with Gasteiger partial charge in [0.1, 0.15) is 12.2 Å². The molecule has 5 heteroatoms. The van der Waals surface area contributed by atoms with Crippen molar-refractivity contribution in [1.29, 1.82) is 0 Å². The summed E-state index contributed by atoms with van der Waals surface area (Å²) in [6.45, 7) is 2.20. The zero-order valence-corrected chi connectivity index (χ0v) is 8.66. The predicted octanol–water partition coefficient (Wildman–Crippen LogP) is 1.28. The number of nitrogens with one attached hydrogen (secondary N) is 2. The molecule has 5 nitrogen and oxygen atoms in total. The molecule has 1 aromatic rings. The Kier molecular flexibility index (Phi) is 5.17. The summed E-state index contributed by atoms with van der Waals surface area (Å²) < 4.78 is 0. The molecule has 1 rings (SSSR count). The lowest BCUT2D eigenvalue weighted by molar-refractivity contribution is 0.463. The minimum Gasteiger partial charge on any atom is -0.271 e. The molecular formula is C9H19N5. The van der Waals surface area contributed by atoms with Gasteiger partial charge in [0.15, 0.2) is 0 Å². The van der Waals surface area contributed by atoms with Gasteiger partial charge in [-0.15, -0.1) is 0 Å². The maximum atomic E-state index is 5.44. The average molecular weight is 197 g/mol. The van der Waals surface area contributed by atoms with E-state index in [1.54, 1.807) is 0 Å². The van der Waals surface area contributed by atoms with Crippen molar-refractivity contribution in [2.24, 2.45) is 5.84 Å². The van der Waals surface area contributed by atoms with E-state index in [1.807, 2.05) is 0 Å². The number of hydrazine groups is 1. The van der Waals surface area contributed by atoms with Crippen LogP contribution >= 0.6 is 0 Å². The summed E-state index contributed by atoms with van der Waals surface area (Å²) in [4.78, 5) is 4.08. The van der Waals surface area contributed by atoms with Crippen molar-refractivity contribution in [3.63, 3.8) is 0 Å². The highest BCUT2D eigenvalue weighted by atomic mass is 15.3. The van der Waals surface area contributed by atoms with Crippen LogP contribution < -0.4 is 11.3 Å². The van der Waals surface area contributed by atoms with Gasteiger partial charge in [-0.1, -0.05) is 32.6 Å². The summed E-state index contributed by atoms with van der Waals surface area (Å²) in [7, 11) is 0. The largest absolute Gasteiger partial charge is 0.271 e. The fourth-order valence-electron chi connectivity index (χ4n) is 1.46. The van der Waals surface area contributed by atoms with Crippen molar-refractivity contribution in [2.75, 3.05) is 0 Å². The second-order valence-electron chi connectivity index (χ2n) is 3.44. The summed E-state index contributed by atoms with van der Waals surface area (Å²) in [5.74, 6) is 6.26. The van der Waals surface area contributed by atoms with E-state index in [4.69, 9.17) is 5.84 Å². The quantitative estimate of drug-likeness (QED) is 0.349. The number of aromatic amines is 1. The molecule has 0 aromatic carbocycles. The van der Waals surface area contributed by atoms with Gasteiger partial charge in [0.2, 0.25) is 0 Å². The Bertz CT molecular complexity index is 221. The van der Waals surface area contributed by atoms with Crippen molar-refractivity contribution < 1.29 is 0 Å². The van der Waals surface area contributed by atoms with Crippen LogP contribution in [-0.4, -0.2) is 15.2 Å². The summed E-state index contributed by atoms with van der Waals surface area (Å²) in [6, 6.07) is 0.106. The number of H-pyrrole nitrogens is 1. The molecule has 1 unspecified atom stereocenters. The summed E-state index contributed by atoms with van der Waals surface area (Å²) in [5, 5.41) is 6.63. The second-order valence-corrected chi connectivity index (χ2v) is 3.44. The van der Waals surface area contributed by atoms with E-state index in [2.05, 4.69) is 27.5 Å². The monoisotopic (exact) mass is 197 g/mol. The van der Waals surface area contributed by atoms with Crippen molar-refractivity contribution >= 4 is 0 Å². The summed E-state index contributed by atoms with van der Waals surface area (Å²) in [6.07, 6.45) is 7.47. The molecule has 0 saturated heterocycles. The highest BCUT2D eigenvalue weighted by Gasteiger charge is 2.11. The Balaban J connectivity index is 2.26. The third kappa shape index (κ3) is 3.43. The highest BCUT2D eigenvalue weighted by molar-refractivity contribution is 4.89. The van der Waals surface area contributed by atoms with Crippen molar-refractivity contribution in [1.82, 2.24) is 20.6 Å². The normalized spacial score (nSPS) is 13.0. The Hall–Kier alpha value is -0.940. The van der Waals surface area contributed by atoms with Gasteiger partial charge in [0.25, 0.3) is 0 Å². The molecule has 1 heterocycles. The van der Waals surface area contributed by atoms with Gasteiger partial charge in [0, 0.05) is 0 Å². The zero-order chi connectivity index (χ0) is 10.2. The van der Waals surface area contributed by atoms with Crippen LogP contribution in [-0.2, 0) is 0 Å². The van der Waals surface area contributed by atoms with Crippen LogP contribution in [0.1, 0.15) is 50.9 Å². The van der Waals surface area contributed by atoms with Crippen molar-refractivity contribution in [2.45, 2.75) is 45.1 Å². The lowest BCUT2D eigenvalue weighted by atomic mass is 10.1. The molecule has 0 radical (unpaired) electrons. The number of nitrogens with zero attached hydrogens (tertiary/aromatic N) is 2. The number of hydrogen-bond acceptors (Lipinski definition) is 4. The molecule has 80 valence electrons. The molecular weight excluding hydrogens is 178 g/mol. The van der Waals surface area contributed by atoms with Gasteiger partial charge in [-0.2, -0.15) is 5.10 Å². The summed E-state index contributed by atoms with van der Waals surface area (Å²) in [5.41, 5.74) is 2.75. The third-order valence-corrected chi connectivity index (χ3v) is 2.31. The van der Waals surface area contributed by atoms with Gasteiger partial charge in [-0.05, 0) is 6.42 Å². The molecule has 0 spiro atoms. The van der Waals surface area contributed by atoms with Crippen molar-refractivity contribution in [3.05, 3.63) is 12.2 Å². The van der Waals surface area contributed by atoms with Crippen LogP contribution in [0.4, 0.5) is 0 Å². The predicted molar refractivity (Wildman–Crippen MR) is 55.2 cm³/mol. The molecule has 0 bridgehead atoms. The molecule has 0 fully saturated rings. The minimum atomic E-state index is 0.106. The minimum absolute atomic E-state index is 0.106. The molecule has 0 amide bonds. The van der Waals surface area contributed by atoms with Gasteiger partial charge < -0.3 is 0 Å². The zero-order valence-electron chi connectivity index (χ0n) is 8.66. The molecule has 4 N–H and O–H groups in total. The average Bonchev–Trinajstić information content (AvgIpc) is 2.71. The smallest absolute Gasteiger partial charge is 0.142 e.